The predicted octanol–water partition coefficient (Wildman–Crippen LogP) is 0.266. The van der Waals surface area contributed by atoms with E-state index in [0.29, 0.717) is 230 Å². The maximum absolute atomic E-state index is 11.2. The van der Waals surface area contributed by atoms with Crippen molar-refractivity contribution in [2.45, 2.75) is 6.42 Å². The van der Waals surface area contributed by atoms with Gasteiger partial charge in [-0.15, -0.1) is 0 Å². The summed E-state index contributed by atoms with van der Waals surface area (Å²) in [5.41, 5.74) is 2.31. The van der Waals surface area contributed by atoms with Crippen LogP contribution in [0.3, 0.4) is 0 Å². The fraction of sp³-hybridized carbons (Fsp3) is 0.974. The highest BCUT2D eigenvalue weighted by Gasteiger charge is 2.00. The minimum atomic E-state index is -0.203. The third-order valence-corrected chi connectivity index (χ3v) is 7.09. The van der Waals surface area contributed by atoms with E-state index in [1.165, 1.54) is 0 Å². The molecule has 0 unspecified atom stereocenters. The molecule has 21 heteroatoms. The van der Waals surface area contributed by atoms with Gasteiger partial charge in [0.2, 0.25) is 5.91 Å². The number of rotatable bonds is 54. The van der Waals surface area contributed by atoms with Gasteiger partial charge in [0.25, 0.3) is 0 Å². The number of ether oxygens (including phenoxy) is 17. The van der Waals surface area contributed by atoms with Crippen LogP contribution in [0.25, 0.3) is 0 Å². The zero-order valence-corrected chi connectivity index (χ0v) is 36.6. The highest BCUT2D eigenvalue weighted by atomic mass is 32.1. The molecule has 1 N–H and O–H groups in total. The van der Waals surface area contributed by atoms with Crippen LogP contribution in [0.5, 0.6) is 0 Å². The number of thiol groups is 1. The van der Waals surface area contributed by atoms with Crippen LogP contribution in [0.2, 0.25) is 0 Å². The Morgan fingerprint density at radius 3 is 0.644 bits per heavy atom. The molecule has 1 amide bonds. The fourth-order valence-electron chi connectivity index (χ4n) is 3.93. The molecule has 0 aromatic rings. The van der Waals surface area contributed by atoms with E-state index in [1.54, 1.807) is 7.11 Å². The maximum atomic E-state index is 11.2. The lowest BCUT2D eigenvalue weighted by Crippen LogP contribution is -2.25. The minimum absolute atomic E-state index is 0.203. The molecule has 0 saturated carbocycles. The molecule has 0 aromatic heterocycles. The van der Waals surface area contributed by atoms with Gasteiger partial charge >= 0.3 is 0 Å². The van der Waals surface area contributed by atoms with Gasteiger partial charge in [0.15, 0.2) is 0 Å². The third-order valence-electron chi connectivity index (χ3n) is 6.87. The topological polar surface area (TPSA) is 195 Å². The normalized spacial score (nSPS) is 11.6. The van der Waals surface area contributed by atoms with Crippen LogP contribution >= 0.6 is 12.6 Å². The van der Waals surface area contributed by atoms with Crippen molar-refractivity contribution in [2.24, 2.45) is 0 Å². The van der Waals surface area contributed by atoms with E-state index in [-0.39, 0.29) is 12.5 Å². The van der Waals surface area contributed by atoms with Crippen molar-refractivity contribution in [3.8, 4) is 0 Å². The molecule has 0 aliphatic heterocycles. The molecule has 0 spiro atoms. The van der Waals surface area contributed by atoms with Crippen molar-refractivity contribution < 1.29 is 90.2 Å². The monoisotopic (exact) mass is 883 g/mol. The third kappa shape index (κ3) is 55.1. The van der Waals surface area contributed by atoms with Gasteiger partial charge < -0.3 is 80.5 Å². The van der Waals surface area contributed by atoms with Crippen LogP contribution in [0.1, 0.15) is 6.42 Å². The van der Waals surface area contributed by atoms with Gasteiger partial charge in [0, 0.05) is 13.5 Å². The zero-order chi connectivity index (χ0) is 42.5. The molecule has 0 rings (SSSR count). The zero-order valence-electron chi connectivity index (χ0n) is 35.7. The second kappa shape index (κ2) is 55.1. The fourth-order valence-corrected chi connectivity index (χ4v) is 4.13. The Morgan fingerprint density at radius 1 is 0.305 bits per heavy atom. The van der Waals surface area contributed by atoms with Crippen LogP contribution in [0.4, 0.5) is 0 Å². The van der Waals surface area contributed by atoms with Crippen LogP contribution in [-0.2, 0) is 90.2 Å². The minimum Gasteiger partial charge on any atom is -0.382 e. The number of hydrogen-bond acceptors (Lipinski definition) is 20. The van der Waals surface area contributed by atoms with Crippen LogP contribution in [0.15, 0.2) is 0 Å². The van der Waals surface area contributed by atoms with Gasteiger partial charge in [0.1, 0.15) is 0 Å². The summed E-state index contributed by atoms with van der Waals surface area (Å²) < 4.78 is 92.1. The van der Waals surface area contributed by atoms with Crippen LogP contribution in [0, 0.1) is 0 Å². The van der Waals surface area contributed by atoms with E-state index in [2.05, 4.69) is 18.1 Å². The van der Waals surface area contributed by atoms with E-state index in [0.717, 1.165) is 0 Å². The van der Waals surface area contributed by atoms with Gasteiger partial charge in [-0.25, -0.2) is 5.48 Å². The smallest absolute Gasteiger partial charge is 0.244 e. The lowest BCUT2D eigenvalue weighted by molar-refractivity contribution is -0.134. The number of amides is 1. The second-order valence-electron chi connectivity index (χ2n) is 11.6. The molecular weight excluding hydrogens is 806 g/mol. The Bertz CT molecular complexity index is 786. The van der Waals surface area contributed by atoms with Crippen molar-refractivity contribution >= 4 is 18.5 Å². The number of carbonyl (C=O) groups is 1. The molecule has 20 nitrogen and oxygen atoms in total. The number of carbonyl (C=O) groups excluding carboxylic acids is 1. The molecule has 59 heavy (non-hydrogen) atoms. The summed E-state index contributed by atoms with van der Waals surface area (Å²) in [6.45, 7) is 16.6. The Kier molecular flexibility index (Phi) is 54.3. The van der Waals surface area contributed by atoms with E-state index >= 15 is 0 Å². The Labute approximate surface area is 357 Å². The summed E-state index contributed by atoms with van der Waals surface area (Å²) in [5.74, 6) is 0.272. The lowest BCUT2D eigenvalue weighted by atomic mass is 10.5. The van der Waals surface area contributed by atoms with Crippen molar-refractivity contribution in [1.82, 2.24) is 5.48 Å². The summed E-state index contributed by atoms with van der Waals surface area (Å²) in [6, 6.07) is 0. The Hall–Kier alpha value is -0.900. The molecule has 0 aliphatic rings. The highest BCUT2D eigenvalue weighted by Crippen LogP contribution is 1.89. The molecule has 0 bridgehead atoms. The first-order chi connectivity index (χ1) is 29.3. The SMILES string of the molecule is COCCOCCOCCOCCOCCOCCOCCOCCOCCOCCOCCOCCOCCOCCOCCOCCOCCONC(=O)CCS. The molecule has 0 aliphatic carbocycles. The molecule has 0 fully saturated rings. The first-order valence-electron chi connectivity index (χ1n) is 20.6. The standard InChI is InChI=1S/C38H77NO19S/c1-41-3-4-42-5-6-43-7-8-44-9-10-45-11-12-46-13-14-47-15-16-48-17-18-49-19-20-50-21-22-51-23-24-52-25-26-53-27-28-54-29-30-55-31-32-56-33-34-57-35-36-58-39-38(40)2-37-59/h59H,2-37H2,1H3,(H,39,40). The number of hydroxylamine groups is 1. The van der Waals surface area contributed by atoms with E-state index < -0.39 is 0 Å². The molecule has 0 atom stereocenters. The molecule has 0 radical (unpaired) electrons. The molecule has 0 heterocycles. The lowest BCUT2D eigenvalue weighted by Gasteiger charge is -2.09. The molecule has 354 valence electrons. The van der Waals surface area contributed by atoms with E-state index in [4.69, 9.17) is 85.4 Å². The number of methoxy groups -OCH3 is 1. The first-order valence-corrected chi connectivity index (χ1v) is 21.2. The van der Waals surface area contributed by atoms with E-state index in [9.17, 15) is 4.79 Å². The highest BCUT2D eigenvalue weighted by molar-refractivity contribution is 7.80. The Balaban J connectivity index is 3.07. The van der Waals surface area contributed by atoms with Crippen molar-refractivity contribution in [1.29, 1.82) is 0 Å². The predicted molar refractivity (Wildman–Crippen MR) is 218 cm³/mol. The largest absolute Gasteiger partial charge is 0.382 e. The number of hydrogen-bond donors (Lipinski definition) is 2. The van der Waals surface area contributed by atoms with Gasteiger partial charge in [-0.05, 0) is 5.75 Å². The summed E-state index contributed by atoms with van der Waals surface area (Å²) >= 11 is 3.97. The average Bonchev–Trinajstić information content (AvgIpc) is 3.24. The quantitative estimate of drug-likeness (QED) is 0.0480. The van der Waals surface area contributed by atoms with Gasteiger partial charge in [-0.2, -0.15) is 12.6 Å². The summed E-state index contributed by atoms with van der Waals surface area (Å²) in [6.07, 6.45) is 0.313. The first kappa shape index (κ1) is 58.1. The van der Waals surface area contributed by atoms with Gasteiger partial charge in [0.05, 0.1) is 225 Å². The number of nitrogens with one attached hydrogen (secondary N) is 1. The van der Waals surface area contributed by atoms with Crippen molar-refractivity contribution in [3.63, 3.8) is 0 Å². The van der Waals surface area contributed by atoms with Gasteiger partial charge in [-0.1, -0.05) is 0 Å². The average molecular weight is 884 g/mol. The van der Waals surface area contributed by atoms with Crippen molar-refractivity contribution in [3.05, 3.63) is 0 Å². The Morgan fingerprint density at radius 2 is 0.475 bits per heavy atom. The van der Waals surface area contributed by atoms with Crippen LogP contribution < -0.4 is 5.48 Å². The summed E-state index contributed by atoms with van der Waals surface area (Å²) in [7, 11) is 1.64. The van der Waals surface area contributed by atoms with Crippen LogP contribution in [-0.4, -0.2) is 243 Å². The van der Waals surface area contributed by atoms with Gasteiger partial charge in [-0.3, -0.25) is 9.63 Å². The molecule has 0 saturated heterocycles. The molecular formula is C38H77NO19S. The maximum Gasteiger partial charge on any atom is 0.244 e. The van der Waals surface area contributed by atoms with E-state index in [1.807, 2.05) is 0 Å². The summed E-state index contributed by atoms with van der Waals surface area (Å²) in [4.78, 5) is 16.1. The molecule has 0 aromatic carbocycles. The summed E-state index contributed by atoms with van der Waals surface area (Å²) in [5, 5.41) is 0. The second-order valence-corrected chi connectivity index (χ2v) is 12.1. The van der Waals surface area contributed by atoms with Crippen molar-refractivity contribution in [2.75, 3.05) is 237 Å².